The van der Waals surface area contributed by atoms with Crippen LogP contribution in [-0.4, -0.2) is 28.8 Å². The van der Waals surface area contributed by atoms with Gasteiger partial charge in [0.1, 0.15) is 5.03 Å². The minimum Gasteiger partial charge on any atom is -0.464 e. The van der Waals surface area contributed by atoms with Gasteiger partial charge in [-0.15, -0.1) is 11.8 Å². The van der Waals surface area contributed by atoms with E-state index in [4.69, 9.17) is 0 Å². The van der Waals surface area contributed by atoms with Crippen molar-refractivity contribution in [3.8, 4) is 0 Å². The molecule has 92 valence electrons. The molecule has 1 heterocycles. The second-order valence-electron chi connectivity index (χ2n) is 4.19. The summed E-state index contributed by atoms with van der Waals surface area (Å²) in [6.07, 6.45) is 8.51. The number of hydrogen-bond donors (Lipinski definition) is 0. The lowest BCUT2D eigenvalue weighted by Crippen LogP contribution is -2.05. The Balaban J connectivity index is 1.87. The molecule has 0 spiro atoms. The van der Waals surface area contributed by atoms with Gasteiger partial charge in [-0.2, -0.15) is 0 Å². The van der Waals surface area contributed by atoms with Crippen molar-refractivity contribution in [2.24, 2.45) is 5.92 Å². The summed E-state index contributed by atoms with van der Waals surface area (Å²) in [5.74, 6) is 1.48. The number of ether oxygens (including phenoxy) is 1. The van der Waals surface area contributed by atoms with Gasteiger partial charge in [0.05, 0.1) is 19.5 Å². The number of nitrogens with zero attached hydrogens (tertiary/aromatic N) is 2. The van der Waals surface area contributed by atoms with E-state index in [1.54, 1.807) is 18.0 Å². The number of carbonyl (C=O) groups is 1. The smallest absolute Gasteiger partial charge is 0.358 e. The molecule has 1 fully saturated rings. The topological polar surface area (TPSA) is 52.1 Å². The molecule has 0 radical (unpaired) electrons. The van der Waals surface area contributed by atoms with Crippen LogP contribution in [0.15, 0.2) is 17.4 Å². The molecule has 1 saturated carbocycles. The van der Waals surface area contributed by atoms with Crippen LogP contribution in [0.3, 0.4) is 0 Å². The summed E-state index contributed by atoms with van der Waals surface area (Å²) in [4.78, 5) is 19.4. The number of carbonyl (C=O) groups excluding carboxylic acids is 1. The second kappa shape index (κ2) is 6.00. The molecule has 1 aliphatic rings. The van der Waals surface area contributed by atoms with Gasteiger partial charge in [0.25, 0.3) is 0 Å². The molecule has 1 aromatic rings. The molecule has 0 aliphatic heterocycles. The Labute approximate surface area is 105 Å². The lowest BCUT2D eigenvalue weighted by molar-refractivity contribution is 0.0593. The average molecular weight is 252 g/mol. The third-order valence-corrected chi connectivity index (χ3v) is 4.11. The highest BCUT2D eigenvalue weighted by Gasteiger charge is 2.15. The summed E-state index contributed by atoms with van der Waals surface area (Å²) in [5.41, 5.74) is 0.262. The average Bonchev–Trinajstić information content (AvgIpc) is 2.89. The highest BCUT2D eigenvalue weighted by molar-refractivity contribution is 7.99. The van der Waals surface area contributed by atoms with Crippen LogP contribution in [0.1, 0.15) is 36.2 Å². The summed E-state index contributed by atoms with van der Waals surface area (Å²) in [6.45, 7) is 0. The summed E-state index contributed by atoms with van der Waals surface area (Å²) in [5, 5.41) is 0.879. The van der Waals surface area contributed by atoms with E-state index in [2.05, 4.69) is 14.7 Å². The minimum absolute atomic E-state index is 0.262. The van der Waals surface area contributed by atoms with Gasteiger partial charge in [0.15, 0.2) is 5.69 Å². The summed E-state index contributed by atoms with van der Waals surface area (Å²) >= 11 is 1.72. The second-order valence-corrected chi connectivity index (χ2v) is 5.23. The van der Waals surface area contributed by atoms with Crippen LogP contribution in [0, 0.1) is 5.92 Å². The normalized spacial score (nSPS) is 16.1. The molecule has 0 atom stereocenters. The van der Waals surface area contributed by atoms with Gasteiger partial charge < -0.3 is 4.74 Å². The van der Waals surface area contributed by atoms with Crippen LogP contribution >= 0.6 is 11.8 Å². The van der Waals surface area contributed by atoms with Crippen LogP contribution in [0.25, 0.3) is 0 Å². The van der Waals surface area contributed by atoms with Gasteiger partial charge in [0, 0.05) is 5.75 Å². The Morgan fingerprint density at radius 3 is 2.76 bits per heavy atom. The number of methoxy groups -OCH3 is 1. The number of aromatic nitrogens is 2. The fourth-order valence-corrected chi connectivity index (χ4v) is 2.98. The Kier molecular flexibility index (Phi) is 4.36. The van der Waals surface area contributed by atoms with Gasteiger partial charge in [-0.05, 0) is 18.8 Å². The first-order valence-corrected chi connectivity index (χ1v) is 6.81. The van der Waals surface area contributed by atoms with Crippen molar-refractivity contribution in [2.45, 2.75) is 30.7 Å². The van der Waals surface area contributed by atoms with E-state index < -0.39 is 5.97 Å². The first-order valence-electron chi connectivity index (χ1n) is 5.83. The van der Waals surface area contributed by atoms with E-state index in [1.807, 2.05) is 0 Å². The predicted molar refractivity (Wildman–Crippen MR) is 66.1 cm³/mol. The third-order valence-electron chi connectivity index (χ3n) is 2.96. The highest BCUT2D eigenvalue weighted by Crippen LogP contribution is 2.29. The SMILES string of the molecule is COC(=O)c1cnc(SCC2CCCC2)cn1. The molecule has 5 heteroatoms. The Morgan fingerprint density at radius 1 is 1.41 bits per heavy atom. The van der Waals surface area contributed by atoms with Crippen molar-refractivity contribution < 1.29 is 9.53 Å². The van der Waals surface area contributed by atoms with Gasteiger partial charge in [-0.3, -0.25) is 0 Å². The maximum Gasteiger partial charge on any atom is 0.358 e. The van der Waals surface area contributed by atoms with E-state index in [9.17, 15) is 4.79 Å². The Morgan fingerprint density at radius 2 is 2.18 bits per heavy atom. The molecule has 0 unspecified atom stereocenters. The van der Waals surface area contributed by atoms with Crippen molar-refractivity contribution in [1.29, 1.82) is 0 Å². The van der Waals surface area contributed by atoms with E-state index >= 15 is 0 Å². The Bertz CT molecular complexity index is 375. The number of hydrogen-bond acceptors (Lipinski definition) is 5. The van der Waals surface area contributed by atoms with Gasteiger partial charge >= 0.3 is 5.97 Å². The van der Waals surface area contributed by atoms with E-state index in [1.165, 1.54) is 39.0 Å². The lowest BCUT2D eigenvalue weighted by Gasteiger charge is -2.07. The van der Waals surface area contributed by atoms with Crippen molar-refractivity contribution in [1.82, 2.24) is 9.97 Å². The maximum atomic E-state index is 11.2. The molecule has 4 nitrogen and oxygen atoms in total. The molecule has 1 aliphatic carbocycles. The number of rotatable bonds is 4. The number of esters is 1. The van der Waals surface area contributed by atoms with Crippen LogP contribution in [-0.2, 0) is 4.74 Å². The summed E-state index contributed by atoms with van der Waals surface area (Å²) < 4.78 is 4.57. The standard InChI is InChI=1S/C12H16N2O2S/c1-16-12(15)10-6-14-11(7-13-10)17-8-9-4-2-3-5-9/h6-7,9H,2-5,8H2,1H3. The zero-order chi connectivity index (χ0) is 12.1. The van der Waals surface area contributed by atoms with Crippen LogP contribution in [0.2, 0.25) is 0 Å². The molecule has 0 N–H and O–H groups in total. The molecule has 17 heavy (non-hydrogen) atoms. The zero-order valence-electron chi connectivity index (χ0n) is 9.89. The molecule has 0 saturated heterocycles. The molecule has 0 amide bonds. The maximum absolute atomic E-state index is 11.2. The minimum atomic E-state index is -0.440. The fraction of sp³-hybridized carbons (Fsp3) is 0.583. The van der Waals surface area contributed by atoms with Gasteiger partial charge in [0.2, 0.25) is 0 Å². The van der Waals surface area contributed by atoms with Crippen LogP contribution < -0.4 is 0 Å². The molecule has 1 aromatic heterocycles. The zero-order valence-corrected chi connectivity index (χ0v) is 10.7. The van der Waals surface area contributed by atoms with Crippen molar-refractivity contribution >= 4 is 17.7 Å². The van der Waals surface area contributed by atoms with Gasteiger partial charge in [-0.1, -0.05) is 12.8 Å². The van der Waals surface area contributed by atoms with Crippen LogP contribution in [0.5, 0.6) is 0 Å². The van der Waals surface area contributed by atoms with Crippen molar-refractivity contribution in [2.75, 3.05) is 12.9 Å². The molecular formula is C12H16N2O2S. The largest absolute Gasteiger partial charge is 0.464 e. The molecule has 2 rings (SSSR count). The van der Waals surface area contributed by atoms with Crippen LogP contribution in [0.4, 0.5) is 0 Å². The number of thioether (sulfide) groups is 1. The molecule has 0 bridgehead atoms. The monoisotopic (exact) mass is 252 g/mol. The van der Waals surface area contributed by atoms with E-state index in [0.717, 1.165) is 16.7 Å². The van der Waals surface area contributed by atoms with E-state index in [-0.39, 0.29) is 5.69 Å². The first-order chi connectivity index (χ1) is 8.29. The van der Waals surface area contributed by atoms with E-state index in [0.29, 0.717) is 0 Å². The Hall–Kier alpha value is -1.10. The summed E-state index contributed by atoms with van der Waals surface area (Å²) in [6, 6.07) is 0. The highest BCUT2D eigenvalue weighted by atomic mass is 32.2. The lowest BCUT2D eigenvalue weighted by atomic mass is 10.1. The van der Waals surface area contributed by atoms with Crippen molar-refractivity contribution in [3.05, 3.63) is 18.1 Å². The van der Waals surface area contributed by atoms with Crippen molar-refractivity contribution in [3.63, 3.8) is 0 Å². The predicted octanol–water partition coefficient (Wildman–Crippen LogP) is 2.55. The summed E-state index contributed by atoms with van der Waals surface area (Å²) in [7, 11) is 1.34. The fourth-order valence-electron chi connectivity index (χ4n) is 1.98. The first kappa shape index (κ1) is 12.4. The molecular weight excluding hydrogens is 236 g/mol. The third kappa shape index (κ3) is 3.43. The molecule has 0 aromatic carbocycles. The van der Waals surface area contributed by atoms with Gasteiger partial charge in [-0.25, -0.2) is 14.8 Å². The quantitative estimate of drug-likeness (QED) is 0.609.